The Kier molecular flexibility index (Phi) is 4.17. The lowest BCUT2D eigenvalue weighted by atomic mass is 10.1. The van der Waals surface area contributed by atoms with E-state index >= 15 is 0 Å². The zero-order valence-electron chi connectivity index (χ0n) is 10.7. The van der Waals surface area contributed by atoms with Crippen LogP contribution in [0.3, 0.4) is 0 Å². The molecule has 0 atom stereocenters. The molecule has 3 rings (SSSR count). The molecule has 0 spiro atoms. The van der Waals surface area contributed by atoms with Gasteiger partial charge in [0, 0.05) is 6.54 Å². The Balaban J connectivity index is 0.00000133. The largest absolute Gasteiger partial charge is 0.504 e. The Morgan fingerprint density at radius 2 is 1.53 bits per heavy atom. The molecular weight excluding hydrogens is 262 g/mol. The first-order valence-electron chi connectivity index (χ1n) is 6.39. The third-order valence-corrected chi connectivity index (χ3v) is 3.60. The highest BCUT2D eigenvalue weighted by atomic mass is 35.5. The van der Waals surface area contributed by atoms with Crippen molar-refractivity contribution in [2.24, 2.45) is 0 Å². The van der Waals surface area contributed by atoms with Gasteiger partial charge in [-0.15, -0.1) is 12.4 Å². The van der Waals surface area contributed by atoms with Gasteiger partial charge in [0.2, 0.25) is 0 Å². The lowest BCUT2D eigenvalue weighted by molar-refractivity contribution is 0.331. The minimum absolute atomic E-state index is 0. The van der Waals surface area contributed by atoms with Crippen LogP contribution >= 0.6 is 12.4 Å². The van der Waals surface area contributed by atoms with Gasteiger partial charge in [-0.1, -0.05) is 12.1 Å². The molecule has 0 radical (unpaired) electrons. The van der Waals surface area contributed by atoms with Crippen molar-refractivity contribution in [3.8, 4) is 11.5 Å². The molecule has 0 aromatic heterocycles. The number of nitrogens with zero attached hydrogens (tertiary/aromatic N) is 1. The van der Waals surface area contributed by atoms with Crippen LogP contribution in [0.1, 0.15) is 18.4 Å². The molecule has 1 saturated heterocycles. The lowest BCUT2D eigenvalue weighted by Gasteiger charge is -2.15. The molecule has 3 nitrogen and oxygen atoms in total. The van der Waals surface area contributed by atoms with Gasteiger partial charge >= 0.3 is 0 Å². The van der Waals surface area contributed by atoms with E-state index in [4.69, 9.17) is 0 Å². The summed E-state index contributed by atoms with van der Waals surface area (Å²) in [4.78, 5) is 2.45. The van der Waals surface area contributed by atoms with Crippen LogP contribution < -0.4 is 0 Å². The summed E-state index contributed by atoms with van der Waals surface area (Å²) < 4.78 is 0. The highest BCUT2D eigenvalue weighted by Gasteiger charge is 2.12. The molecule has 0 bridgehead atoms. The Hall–Kier alpha value is -1.45. The molecule has 2 N–H and O–H groups in total. The fraction of sp³-hybridized carbons (Fsp3) is 0.333. The summed E-state index contributed by atoms with van der Waals surface area (Å²) in [6.07, 6.45) is 2.59. The zero-order valence-corrected chi connectivity index (χ0v) is 11.5. The van der Waals surface area contributed by atoms with E-state index in [1.807, 2.05) is 6.07 Å². The fourth-order valence-corrected chi connectivity index (χ4v) is 2.62. The summed E-state index contributed by atoms with van der Waals surface area (Å²) in [6.45, 7) is 3.33. The van der Waals surface area contributed by atoms with Crippen LogP contribution in [0, 0.1) is 0 Å². The van der Waals surface area contributed by atoms with Crippen LogP contribution in [0.4, 0.5) is 0 Å². The predicted octanol–water partition coefficient (Wildman–Crippen LogP) is 3.27. The third kappa shape index (κ3) is 2.94. The van der Waals surface area contributed by atoms with Crippen LogP contribution in [0.25, 0.3) is 10.8 Å². The summed E-state index contributed by atoms with van der Waals surface area (Å²) in [6, 6.07) is 9.41. The number of rotatable bonds is 2. The van der Waals surface area contributed by atoms with Gasteiger partial charge in [0.25, 0.3) is 0 Å². The molecule has 0 unspecified atom stereocenters. The molecule has 1 fully saturated rings. The molecule has 4 heteroatoms. The SMILES string of the molecule is Cl.Oc1cc2ccc(CN3CCCC3)cc2cc1O. The van der Waals surface area contributed by atoms with Gasteiger partial charge < -0.3 is 10.2 Å². The highest BCUT2D eigenvalue weighted by molar-refractivity contribution is 5.86. The van der Waals surface area contributed by atoms with Gasteiger partial charge in [0.15, 0.2) is 11.5 Å². The second kappa shape index (κ2) is 5.68. The van der Waals surface area contributed by atoms with Crippen molar-refractivity contribution in [1.29, 1.82) is 0 Å². The maximum absolute atomic E-state index is 9.53. The molecule has 19 heavy (non-hydrogen) atoms. The van der Waals surface area contributed by atoms with Crippen LogP contribution in [0.5, 0.6) is 11.5 Å². The standard InChI is InChI=1S/C15H17NO2.ClH/c17-14-8-12-4-3-11(7-13(12)9-15(14)18)10-16-5-1-2-6-16;/h3-4,7-9,17-18H,1-2,5-6,10H2;1H. The number of fused-ring (bicyclic) bond motifs is 1. The zero-order chi connectivity index (χ0) is 12.5. The van der Waals surface area contributed by atoms with Gasteiger partial charge in [-0.3, -0.25) is 4.90 Å². The van der Waals surface area contributed by atoms with E-state index in [9.17, 15) is 10.2 Å². The first-order chi connectivity index (χ1) is 8.72. The maximum atomic E-state index is 9.53. The highest BCUT2D eigenvalue weighted by Crippen LogP contribution is 2.30. The summed E-state index contributed by atoms with van der Waals surface area (Å²) in [5.74, 6) is -0.115. The average Bonchev–Trinajstić information content (AvgIpc) is 2.84. The van der Waals surface area contributed by atoms with Crippen molar-refractivity contribution in [2.45, 2.75) is 19.4 Å². The maximum Gasteiger partial charge on any atom is 0.158 e. The van der Waals surface area contributed by atoms with Gasteiger partial charge in [0.05, 0.1) is 0 Å². The van der Waals surface area contributed by atoms with Crippen molar-refractivity contribution in [2.75, 3.05) is 13.1 Å². The van der Waals surface area contributed by atoms with E-state index in [-0.39, 0.29) is 23.9 Å². The van der Waals surface area contributed by atoms with Gasteiger partial charge in [-0.2, -0.15) is 0 Å². The minimum atomic E-state index is -0.0604. The second-order valence-electron chi connectivity index (χ2n) is 5.01. The van der Waals surface area contributed by atoms with Crippen molar-refractivity contribution in [3.63, 3.8) is 0 Å². The molecule has 2 aromatic rings. The van der Waals surface area contributed by atoms with E-state index in [0.717, 1.165) is 17.3 Å². The Bertz CT molecular complexity index is 580. The van der Waals surface area contributed by atoms with Gasteiger partial charge in [-0.25, -0.2) is 0 Å². The molecule has 0 saturated carbocycles. The number of benzene rings is 2. The minimum Gasteiger partial charge on any atom is -0.504 e. The molecule has 0 aliphatic carbocycles. The molecule has 102 valence electrons. The average molecular weight is 280 g/mol. The van der Waals surface area contributed by atoms with Crippen molar-refractivity contribution in [1.82, 2.24) is 4.90 Å². The Labute approximate surface area is 118 Å². The normalized spacial score (nSPS) is 15.6. The quantitative estimate of drug-likeness (QED) is 0.829. The van der Waals surface area contributed by atoms with E-state index in [1.54, 1.807) is 12.1 Å². The summed E-state index contributed by atoms with van der Waals surface area (Å²) in [5, 5.41) is 20.9. The van der Waals surface area contributed by atoms with E-state index in [2.05, 4.69) is 17.0 Å². The molecule has 1 aliphatic heterocycles. The number of likely N-dealkylation sites (tertiary alicyclic amines) is 1. The van der Waals surface area contributed by atoms with Crippen LogP contribution in [0.2, 0.25) is 0 Å². The number of hydrogen-bond acceptors (Lipinski definition) is 3. The molecule has 1 aliphatic rings. The number of hydrogen-bond donors (Lipinski definition) is 2. The fourth-order valence-electron chi connectivity index (χ4n) is 2.62. The number of aromatic hydroxyl groups is 2. The molecule has 1 heterocycles. The lowest BCUT2D eigenvalue weighted by Crippen LogP contribution is -2.18. The predicted molar refractivity (Wildman–Crippen MR) is 79.0 cm³/mol. The number of phenols is 2. The summed E-state index contributed by atoms with van der Waals surface area (Å²) in [5.41, 5.74) is 1.26. The van der Waals surface area contributed by atoms with E-state index in [0.29, 0.717) is 0 Å². The van der Waals surface area contributed by atoms with Crippen LogP contribution in [-0.4, -0.2) is 28.2 Å². The van der Waals surface area contributed by atoms with Crippen LogP contribution in [0.15, 0.2) is 30.3 Å². The molecular formula is C15H18ClNO2. The van der Waals surface area contributed by atoms with Crippen molar-refractivity contribution in [3.05, 3.63) is 35.9 Å². The number of halogens is 1. The van der Waals surface area contributed by atoms with Crippen LogP contribution in [-0.2, 0) is 6.54 Å². The van der Waals surface area contributed by atoms with E-state index < -0.39 is 0 Å². The molecule has 0 amide bonds. The molecule has 2 aromatic carbocycles. The van der Waals surface area contributed by atoms with Crippen molar-refractivity contribution >= 4 is 23.2 Å². The topological polar surface area (TPSA) is 43.7 Å². The van der Waals surface area contributed by atoms with Gasteiger partial charge in [0.1, 0.15) is 0 Å². The Morgan fingerprint density at radius 3 is 2.21 bits per heavy atom. The number of phenolic OH excluding ortho intramolecular Hbond substituents is 2. The van der Waals surface area contributed by atoms with Crippen molar-refractivity contribution < 1.29 is 10.2 Å². The second-order valence-corrected chi connectivity index (χ2v) is 5.01. The third-order valence-electron chi connectivity index (χ3n) is 3.60. The Morgan fingerprint density at radius 1 is 0.895 bits per heavy atom. The first-order valence-corrected chi connectivity index (χ1v) is 6.39. The smallest absolute Gasteiger partial charge is 0.158 e. The monoisotopic (exact) mass is 279 g/mol. The van der Waals surface area contributed by atoms with Gasteiger partial charge in [-0.05, 0) is 60.5 Å². The first kappa shape index (κ1) is 14.0. The summed E-state index contributed by atoms with van der Waals surface area (Å²) in [7, 11) is 0. The summed E-state index contributed by atoms with van der Waals surface area (Å²) >= 11 is 0. The van der Waals surface area contributed by atoms with E-state index in [1.165, 1.54) is 31.5 Å².